The van der Waals surface area contributed by atoms with Crippen LogP contribution in [0.4, 0.5) is 4.79 Å². The zero-order chi connectivity index (χ0) is 18.6. The van der Waals surface area contributed by atoms with Crippen LogP contribution >= 0.6 is 0 Å². The molecule has 3 N–H and O–H groups in total. The number of unbranched alkanes of at least 4 members (excludes halogenated alkanes) is 1. The molecule has 1 atom stereocenters. The fourth-order valence-corrected chi connectivity index (χ4v) is 1.85. The van der Waals surface area contributed by atoms with Crippen LogP contribution in [0.2, 0.25) is 0 Å². The third-order valence-electron chi connectivity index (χ3n) is 3.11. The number of aliphatic carboxylic acids is 1. The molecule has 0 aliphatic heterocycles. The van der Waals surface area contributed by atoms with E-state index in [-0.39, 0.29) is 0 Å². The van der Waals surface area contributed by atoms with Gasteiger partial charge in [0.15, 0.2) is 0 Å². The molecule has 0 saturated carbocycles. The van der Waals surface area contributed by atoms with Gasteiger partial charge < -0.3 is 20.6 Å². The number of carboxylic acid groups (broad SMARTS) is 1. The molecule has 0 bridgehead atoms. The number of hydrogen-bond donors (Lipinski definition) is 3. The number of ether oxygens (including phenoxy) is 1. The summed E-state index contributed by atoms with van der Waals surface area (Å²) in [5.74, 6) is -1.06. The van der Waals surface area contributed by atoms with Gasteiger partial charge in [0.2, 0.25) is 0 Å². The maximum absolute atomic E-state index is 11.6. The van der Waals surface area contributed by atoms with Gasteiger partial charge in [-0.1, -0.05) is 13.8 Å². The van der Waals surface area contributed by atoms with Gasteiger partial charge in [-0.05, 0) is 40.0 Å². The molecule has 24 heavy (non-hydrogen) atoms. The lowest BCUT2D eigenvalue weighted by molar-refractivity contribution is -0.139. The van der Waals surface area contributed by atoms with Crippen LogP contribution in [0.3, 0.4) is 0 Å². The molecule has 0 aliphatic rings. The lowest BCUT2D eigenvalue weighted by Gasteiger charge is -2.21. The molecule has 0 saturated heterocycles. The molecule has 0 aliphatic carbocycles. The van der Waals surface area contributed by atoms with Crippen LogP contribution in [0, 0.1) is 0 Å². The lowest BCUT2D eigenvalue weighted by atomic mass is 10.1. The second-order valence-electron chi connectivity index (χ2n) is 6.37. The van der Waals surface area contributed by atoms with E-state index in [9.17, 15) is 9.59 Å². The Bertz CT molecular complexity index is 403. The van der Waals surface area contributed by atoms with Crippen LogP contribution < -0.4 is 10.7 Å². The fraction of sp³-hybridized carbons (Fsp3) is 0.812. The standard InChI is InChI=1S/C16H32N4O4/c1-6-20(7-2)18-12-17-11-9-8-10-13(14(21)22)19-15(23)24-16(3,4)5/h12-13H,6-11H2,1-5H3,(H,17,18)(H,19,23)(H,21,22)/t13-/m0/s1. The number of carbonyl (C=O) groups is 2. The van der Waals surface area contributed by atoms with Gasteiger partial charge >= 0.3 is 12.1 Å². The number of amides is 1. The normalized spacial score (nSPS) is 13.1. The number of hydrazine groups is 1. The Morgan fingerprint density at radius 2 is 1.88 bits per heavy atom. The van der Waals surface area contributed by atoms with Crippen molar-refractivity contribution < 1.29 is 19.4 Å². The number of nitrogens with one attached hydrogen (secondary N) is 2. The second kappa shape index (κ2) is 11.7. The zero-order valence-corrected chi connectivity index (χ0v) is 15.5. The molecule has 0 aromatic heterocycles. The van der Waals surface area contributed by atoms with E-state index in [0.717, 1.165) is 19.5 Å². The van der Waals surface area contributed by atoms with Crippen molar-refractivity contribution in [2.75, 3.05) is 19.6 Å². The van der Waals surface area contributed by atoms with E-state index in [1.54, 1.807) is 27.1 Å². The highest BCUT2D eigenvalue weighted by Crippen LogP contribution is 2.08. The maximum atomic E-state index is 11.6. The summed E-state index contributed by atoms with van der Waals surface area (Å²) in [6.45, 7) is 11.7. The van der Waals surface area contributed by atoms with Gasteiger partial charge in [-0.3, -0.25) is 4.99 Å². The van der Waals surface area contributed by atoms with Gasteiger partial charge in [0.1, 0.15) is 11.6 Å². The molecule has 0 heterocycles. The minimum atomic E-state index is -1.06. The van der Waals surface area contributed by atoms with Crippen molar-refractivity contribution in [3.05, 3.63) is 0 Å². The van der Waals surface area contributed by atoms with Crippen molar-refractivity contribution >= 4 is 18.4 Å². The molecule has 0 unspecified atom stereocenters. The van der Waals surface area contributed by atoms with Crippen LogP contribution in [0.25, 0.3) is 0 Å². The van der Waals surface area contributed by atoms with Crippen molar-refractivity contribution in [3.8, 4) is 0 Å². The van der Waals surface area contributed by atoms with Crippen LogP contribution in [0.5, 0.6) is 0 Å². The zero-order valence-electron chi connectivity index (χ0n) is 15.5. The number of alkyl carbamates (subject to hydrolysis) is 1. The van der Waals surface area contributed by atoms with Crippen LogP contribution in [0.1, 0.15) is 53.9 Å². The van der Waals surface area contributed by atoms with E-state index in [2.05, 4.69) is 15.7 Å². The summed E-state index contributed by atoms with van der Waals surface area (Å²) in [6.07, 6.45) is 2.68. The largest absolute Gasteiger partial charge is 0.480 e. The molecule has 0 radical (unpaired) electrons. The van der Waals surface area contributed by atoms with Crippen LogP contribution in [-0.4, -0.2) is 59.8 Å². The molecule has 140 valence electrons. The Morgan fingerprint density at radius 1 is 1.25 bits per heavy atom. The molecular weight excluding hydrogens is 312 g/mol. The summed E-state index contributed by atoms with van der Waals surface area (Å²) in [6, 6.07) is -0.947. The number of carbonyl (C=O) groups excluding carboxylic acids is 1. The Morgan fingerprint density at radius 3 is 2.38 bits per heavy atom. The van der Waals surface area contributed by atoms with E-state index in [1.807, 2.05) is 18.9 Å². The molecule has 8 heteroatoms. The molecule has 0 aromatic rings. The van der Waals surface area contributed by atoms with Gasteiger partial charge in [0, 0.05) is 19.6 Å². The SMILES string of the molecule is CCN(CC)NC=NCCCC[C@H](NC(=O)OC(C)(C)C)C(=O)O. The third-order valence-corrected chi connectivity index (χ3v) is 3.11. The summed E-state index contributed by atoms with van der Waals surface area (Å²) >= 11 is 0. The van der Waals surface area contributed by atoms with E-state index in [4.69, 9.17) is 9.84 Å². The Labute approximate surface area is 144 Å². The number of carboxylic acids is 1. The molecular formula is C16H32N4O4. The first kappa shape index (κ1) is 22.2. The van der Waals surface area contributed by atoms with E-state index >= 15 is 0 Å². The summed E-state index contributed by atoms with van der Waals surface area (Å²) in [7, 11) is 0. The van der Waals surface area contributed by atoms with Crippen molar-refractivity contribution in [2.24, 2.45) is 4.99 Å². The van der Waals surface area contributed by atoms with Gasteiger partial charge in [-0.25, -0.2) is 14.6 Å². The highest BCUT2D eigenvalue weighted by Gasteiger charge is 2.23. The average molecular weight is 344 g/mol. The van der Waals surface area contributed by atoms with Crippen LogP contribution in [0.15, 0.2) is 4.99 Å². The van der Waals surface area contributed by atoms with E-state index < -0.39 is 23.7 Å². The second-order valence-corrected chi connectivity index (χ2v) is 6.37. The lowest BCUT2D eigenvalue weighted by Crippen LogP contribution is -2.43. The average Bonchev–Trinajstić information content (AvgIpc) is 2.46. The number of hydrogen-bond acceptors (Lipinski definition) is 5. The topological polar surface area (TPSA) is 103 Å². The Kier molecular flexibility index (Phi) is 10.8. The monoisotopic (exact) mass is 344 g/mol. The minimum Gasteiger partial charge on any atom is -0.480 e. The smallest absolute Gasteiger partial charge is 0.408 e. The number of rotatable bonds is 11. The van der Waals surface area contributed by atoms with E-state index in [1.165, 1.54) is 0 Å². The van der Waals surface area contributed by atoms with E-state index in [0.29, 0.717) is 19.4 Å². The number of nitrogens with zero attached hydrogens (tertiary/aromatic N) is 2. The van der Waals surface area contributed by atoms with Gasteiger partial charge in [-0.2, -0.15) is 0 Å². The molecule has 1 amide bonds. The fourth-order valence-electron chi connectivity index (χ4n) is 1.85. The first-order chi connectivity index (χ1) is 11.2. The van der Waals surface area contributed by atoms with Gasteiger partial charge in [0.25, 0.3) is 0 Å². The molecule has 0 rings (SSSR count). The van der Waals surface area contributed by atoms with Crippen LogP contribution in [-0.2, 0) is 9.53 Å². The van der Waals surface area contributed by atoms with Crippen molar-refractivity contribution in [1.29, 1.82) is 0 Å². The highest BCUT2D eigenvalue weighted by molar-refractivity contribution is 5.79. The summed E-state index contributed by atoms with van der Waals surface area (Å²) < 4.78 is 5.07. The predicted molar refractivity (Wildman–Crippen MR) is 94.1 cm³/mol. The first-order valence-corrected chi connectivity index (χ1v) is 8.41. The Balaban J connectivity index is 4.04. The predicted octanol–water partition coefficient (Wildman–Crippen LogP) is 2.01. The molecule has 8 nitrogen and oxygen atoms in total. The van der Waals surface area contributed by atoms with Crippen molar-refractivity contribution in [1.82, 2.24) is 15.8 Å². The third kappa shape index (κ3) is 11.7. The first-order valence-electron chi connectivity index (χ1n) is 8.41. The highest BCUT2D eigenvalue weighted by atomic mass is 16.6. The molecule has 0 spiro atoms. The summed E-state index contributed by atoms with van der Waals surface area (Å²) in [5, 5.41) is 13.6. The van der Waals surface area contributed by atoms with Crippen molar-refractivity contribution in [2.45, 2.75) is 65.5 Å². The quantitative estimate of drug-likeness (QED) is 0.229. The maximum Gasteiger partial charge on any atom is 0.408 e. The number of aliphatic imine (C=N–C) groups is 1. The Hall–Kier alpha value is -1.83. The summed E-state index contributed by atoms with van der Waals surface area (Å²) in [5.41, 5.74) is 2.41. The molecule has 0 aromatic carbocycles. The van der Waals surface area contributed by atoms with Gasteiger partial charge in [0.05, 0.1) is 6.34 Å². The summed E-state index contributed by atoms with van der Waals surface area (Å²) in [4.78, 5) is 27.0. The van der Waals surface area contributed by atoms with Gasteiger partial charge in [-0.15, -0.1) is 0 Å². The van der Waals surface area contributed by atoms with Crippen molar-refractivity contribution in [3.63, 3.8) is 0 Å². The molecule has 0 fully saturated rings. The minimum absolute atomic E-state index is 0.341.